The zero-order chi connectivity index (χ0) is 16.4. The zero-order valence-corrected chi connectivity index (χ0v) is 13.5. The number of ether oxygens (including phenoxy) is 1. The standard InChI is InChI=1S/C19H21NO3/c1-3-5-15-18(21)13-7-4-6-12-16(20-10-11-23-2)9-8-14(17(12)13)19(15)22/h4,6-9,15,20H,3,5,10-11H2,1-2H3. The fourth-order valence-corrected chi connectivity index (χ4v) is 3.30. The van der Waals surface area contributed by atoms with Crippen LogP contribution in [0, 0.1) is 5.92 Å². The lowest BCUT2D eigenvalue weighted by molar-refractivity contribution is 0.0794. The fraction of sp³-hybridized carbons (Fsp3) is 0.368. The van der Waals surface area contributed by atoms with E-state index in [1.807, 2.05) is 37.3 Å². The maximum atomic E-state index is 12.7. The van der Waals surface area contributed by atoms with Crippen LogP contribution in [0.5, 0.6) is 0 Å². The number of hydrogen-bond acceptors (Lipinski definition) is 4. The van der Waals surface area contributed by atoms with E-state index in [0.717, 1.165) is 22.9 Å². The number of ketones is 2. The van der Waals surface area contributed by atoms with Crippen molar-refractivity contribution in [2.24, 2.45) is 5.92 Å². The van der Waals surface area contributed by atoms with E-state index >= 15 is 0 Å². The van der Waals surface area contributed by atoms with Gasteiger partial charge in [-0.15, -0.1) is 0 Å². The first-order chi connectivity index (χ1) is 11.2. The molecule has 4 heteroatoms. The van der Waals surface area contributed by atoms with Gasteiger partial charge in [-0.1, -0.05) is 31.5 Å². The van der Waals surface area contributed by atoms with Crippen LogP contribution in [-0.2, 0) is 4.74 Å². The Labute approximate surface area is 135 Å². The Kier molecular flexibility index (Phi) is 4.44. The van der Waals surface area contributed by atoms with Crippen LogP contribution in [-0.4, -0.2) is 31.8 Å². The van der Waals surface area contributed by atoms with Crippen molar-refractivity contribution in [1.29, 1.82) is 0 Å². The summed E-state index contributed by atoms with van der Waals surface area (Å²) < 4.78 is 5.06. The molecule has 120 valence electrons. The number of hydrogen-bond donors (Lipinski definition) is 1. The molecule has 1 unspecified atom stereocenters. The molecule has 0 fully saturated rings. The van der Waals surface area contributed by atoms with Gasteiger partial charge in [-0.05, 0) is 18.6 Å². The van der Waals surface area contributed by atoms with Gasteiger partial charge in [-0.3, -0.25) is 9.59 Å². The summed E-state index contributed by atoms with van der Waals surface area (Å²) in [5.41, 5.74) is 2.27. The first kappa shape index (κ1) is 15.7. The average molecular weight is 311 g/mol. The van der Waals surface area contributed by atoms with Gasteiger partial charge in [0.05, 0.1) is 12.5 Å². The summed E-state index contributed by atoms with van der Waals surface area (Å²) >= 11 is 0. The molecule has 1 aliphatic carbocycles. The van der Waals surface area contributed by atoms with Gasteiger partial charge >= 0.3 is 0 Å². The van der Waals surface area contributed by atoms with Crippen molar-refractivity contribution in [1.82, 2.24) is 0 Å². The van der Waals surface area contributed by atoms with Gasteiger partial charge in [-0.2, -0.15) is 0 Å². The molecule has 3 rings (SSSR count). The van der Waals surface area contributed by atoms with E-state index in [1.54, 1.807) is 7.11 Å². The highest BCUT2D eigenvalue weighted by molar-refractivity contribution is 6.30. The van der Waals surface area contributed by atoms with E-state index in [9.17, 15) is 9.59 Å². The van der Waals surface area contributed by atoms with Crippen LogP contribution >= 0.6 is 0 Å². The van der Waals surface area contributed by atoms with Crippen LogP contribution in [0.25, 0.3) is 10.8 Å². The topological polar surface area (TPSA) is 55.4 Å². The molecule has 0 saturated carbocycles. The molecular weight excluding hydrogens is 290 g/mol. The van der Waals surface area contributed by atoms with Gasteiger partial charge in [0, 0.05) is 41.2 Å². The van der Waals surface area contributed by atoms with Crippen molar-refractivity contribution in [3.63, 3.8) is 0 Å². The molecule has 0 radical (unpaired) electrons. The number of Topliss-reactive ketones (excluding diaryl/α,β-unsaturated/α-hetero) is 2. The minimum atomic E-state index is -0.523. The lowest BCUT2D eigenvalue weighted by Crippen LogP contribution is -2.29. The Bertz CT molecular complexity index is 744. The smallest absolute Gasteiger partial charge is 0.174 e. The molecule has 0 spiro atoms. The van der Waals surface area contributed by atoms with Crippen molar-refractivity contribution < 1.29 is 14.3 Å². The molecule has 0 amide bonds. The first-order valence-electron chi connectivity index (χ1n) is 8.06. The fourth-order valence-electron chi connectivity index (χ4n) is 3.30. The zero-order valence-electron chi connectivity index (χ0n) is 13.5. The van der Waals surface area contributed by atoms with E-state index in [-0.39, 0.29) is 11.6 Å². The van der Waals surface area contributed by atoms with Crippen LogP contribution < -0.4 is 5.32 Å². The second kappa shape index (κ2) is 6.50. The molecule has 0 heterocycles. The van der Waals surface area contributed by atoms with Crippen molar-refractivity contribution in [3.05, 3.63) is 41.5 Å². The van der Waals surface area contributed by atoms with E-state index in [1.165, 1.54) is 0 Å². The van der Waals surface area contributed by atoms with Crippen molar-refractivity contribution in [2.45, 2.75) is 19.8 Å². The Morgan fingerprint density at radius 2 is 1.83 bits per heavy atom. The van der Waals surface area contributed by atoms with Crippen molar-refractivity contribution in [3.8, 4) is 0 Å². The molecule has 2 aromatic carbocycles. The molecular formula is C19H21NO3. The first-order valence-corrected chi connectivity index (χ1v) is 8.06. The van der Waals surface area contributed by atoms with E-state index in [4.69, 9.17) is 4.74 Å². The molecule has 23 heavy (non-hydrogen) atoms. The van der Waals surface area contributed by atoms with Crippen molar-refractivity contribution in [2.75, 3.05) is 25.6 Å². The Morgan fingerprint density at radius 1 is 1.09 bits per heavy atom. The molecule has 1 atom stereocenters. The Balaban J connectivity index is 2.12. The van der Waals surface area contributed by atoms with Crippen LogP contribution in [0.15, 0.2) is 30.3 Å². The molecule has 2 aromatic rings. The third-order valence-corrected chi connectivity index (χ3v) is 4.40. The largest absolute Gasteiger partial charge is 0.383 e. The number of methoxy groups -OCH3 is 1. The third kappa shape index (κ3) is 2.63. The summed E-state index contributed by atoms with van der Waals surface area (Å²) in [5.74, 6) is -0.599. The number of benzene rings is 2. The summed E-state index contributed by atoms with van der Waals surface area (Å²) in [4.78, 5) is 25.4. The molecule has 0 aliphatic heterocycles. The van der Waals surface area contributed by atoms with Crippen LogP contribution in [0.3, 0.4) is 0 Å². The number of carbonyl (C=O) groups is 2. The second-order valence-corrected chi connectivity index (χ2v) is 5.88. The van der Waals surface area contributed by atoms with Gasteiger partial charge in [-0.25, -0.2) is 0 Å². The summed E-state index contributed by atoms with van der Waals surface area (Å²) in [7, 11) is 1.66. The number of anilines is 1. The minimum Gasteiger partial charge on any atom is -0.383 e. The third-order valence-electron chi connectivity index (χ3n) is 4.40. The van der Waals surface area contributed by atoms with E-state index < -0.39 is 5.92 Å². The number of rotatable bonds is 6. The minimum absolute atomic E-state index is 0.0380. The maximum Gasteiger partial charge on any atom is 0.174 e. The summed E-state index contributed by atoms with van der Waals surface area (Å²) in [6.07, 6.45) is 1.44. The van der Waals surface area contributed by atoms with Crippen molar-refractivity contribution >= 4 is 28.0 Å². The highest BCUT2D eigenvalue weighted by Gasteiger charge is 2.35. The molecule has 0 bridgehead atoms. The monoisotopic (exact) mass is 311 g/mol. The lowest BCUT2D eigenvalue weighted by atomic mass is 9.78. The highest BCUT2D eigenvalue weighted by atomic mass is 16.5. The predicted octanol–water partition coefficient (Wildman–Crippen LogP) is 3.69. The molecule has 4 nitrogen and oxygen atoms in total. The average Bonchev–Trinajstić information content (AvgIpc) is 2.57. The normalized spacial score (nSPS) is 16.9. The van der Waals surface area contributed by atoms with Gasteiger partial charge in [0.25, 0.3) is 0 Å². The molecule has 1 aliphatic rings. The lowest BCUT2D eigenvalue weighted by Gasteiger charge is -2.24. The molecule has 0 saturated heterocycles. The van der Waals surface area contributed by atoms with Gasteiger partial charge < -0.3 is 10.1 Å². The summed E-state index contributed by atoms with van der Waals surface area (Å²) in [6, 6.07) is 9.45. The van der Waals surface area contributed by atoms with Crippen LogP contribution in [0.1, 0.15) is 40.5 Å². The highest BCUT2D eigenvalue weighted by Crippen LogP contribution is 2.37. The Morgan fingerprint density at radius 3 is 2.52 bits per heavy atom. The Hall–Kier alpha value is -2.20. The SMILES string of the molecule is CCCC1C(=O)c2cccc3c(NCCOC)ccc(c23)C1=O. The number of carbonyl (C=O) groups excluding carboxylic acids is 2. The molecule has 1 N–H and O–H groups in total. The van der Waals surface area contributed by atoms with Crippen LogP contribution in [0.4, 0.5) is 5.69 Å². The maximum absolute atomic E-state index is 12.7. The van der Waals surface area contributed by atoms with Gasteiger partial charge in [0.15, 0.2) is 11.6 Å². The summed E-state index contributed by atoms with van der Waals surface area (Å²) in [5, 5.41) is 5.02. The quantitative estimate of drug-likeness (QED) is 0.653. The summed E-state index contributed by atoms with van der Waals surface area (Å²) in [6.45, 7) is 3.27. The van der Waals surface area contributed by atoms with E-state index in [2.05, 4.69) is 5.32 Å². The number of nitrogens with one attached hydrogen (secondary N) is 1. The van der Waals surface area contributed by atoms with Gasteiger partial charge in [0.2, 0.25) is 0 Å². The van der Waals surface area contributed by atoms with Crippen LogP contribution in [0.2, 0.25) is 0 Å². The predicted molar refractivity (Wildman–Crippen MR) is 91.4 cm³/mol. The van der Waals surface area contributed by atoms with Gasteiger partial charge in [0.1, 0.15) is 0 Å². The molecule has 0 aromatic heterocycles. The van der Waals surface area contributed by atoms with E-state index in [0.29, 0.717) is 30.7 Å². The second-order valence-electron chi connectivity index (χ2n) is 5.88.